The second kappa shape index (κ2) is 4.45. The highest BCUT2D eigenvalue weighted by atomic mass is 16.5. The molecular weight excluding hydrogens is 234 g/mol. The number of rotatable bonds is 5. The van der Waals surface area contributed by atoms with Crippen LogP contribution in [0.3, 0.4) is 0 Å². The molecule has 0 spiro atoms. The van der Waals surface area contributed by atoms with Gasteiger partial charge in [-0.1, -0.05) is 5.16 Å². The molecule has 0 N–H and O–H groups in total. The van der Waals surface area contributed by atoms with E-state index in [2.05, 4.69) is 5.16 Å². The molecule has 0 radical (unpaired) electrons. The minimum atomic E-state index is 0.0220. The summed E-state index contributed by atoms with van der Waals surface area (Å²) < 4.78 is 13.5. The van der Waals surface area contributed by atoms with Crippen molar-refractivity contribution in [1.82, 2.24) is 14.3 Å². The van der Waals surface area contributed by atoms with Gasteiger partial charge in [0, 0.05) is 31.6 Å². The molecular formula is C12H15N3O3. The SMILES string of the molecule is COCc1cc(Cn2ccn(C3CC3)c2=O)no1. The average molecular weight is 249 g/mol. The number of hydrogen-bond acceptors (Lipinski definition) is 4. The van der Waals surface area contributed by atoms with E-state index in [0.717, 1.165) is 18.5 Å². The van der Waals surface area contributed by atoms with Gasteiger partial charge < -0.3 is 9.26 Å². The highest BCUT2D eigenvalue weighted by molar-refractivity contribution is 5.06. The average Bonchev–Trinajstić information content (AvgIpc) is 3.01. The van der Waals surface area contributed by atoms with Crippen LogP contribution in [0.25, 0.3) is 0 Å². The Bertz CT molecular complexity index is 592. The standard InChI is InChI=1S/C12H15N3O3/c1-17-8-11-6-9(13-18-11)7-14-4-5-15(12(14)16)10-2-3-10/h4-6,10H,2-3,7-8H2,1H3. The van der Waals surface area contributed by atoms with Crippen LogP contribution in [0.15, 0.2) is 27.8 Å². The lowest BCUT2D eigenvalue weighted by Crippen LogP contribution is -2.23. The highest BCUT2D eigenvalue weighted by Crippen LogP contribution is 2.33. The van der Waals surface area contributed by atoms with Crippen molar-refractivity contribution in [2.45, 2.75) is 32.0 Å². The van der Waals surface area contributed by atoms with E-state index in [0.29, 0.717) is 25.0 Å². The summed E-state index contributed by atoms with van der Waals surface area (Å²) in [6, 6.07) is 2.21. The zero-order valence-electron chi connectivity index (χ0n) is 10.2. The van der Waals surface area contributed by atoms with Gasteiger partial charge in [-0.2, -0.15) is 0 Å². The minimum Gasteiger partial charge on any atom is -0.377 e. The molecule has 96 valence electrons. The van der Waals surface area contributed by atoms with Crippen LogP contribution in [0.5, 0.6) is 0 Å². The molecule has 3 rings (SSSR count). The maximum atomic E-state index is 12.0. The molecule has 1 aliphatic carbocycles. The topological polar surface area (TPSA) is 62.2 Å². The second-order valence-corrected chi connectivity index (χ2v) is 4.56. The number of nitrogens with zero attached hydrogens (tertiary/aromatic N) is 3. The Balaban J connectivity index is 1.76. The van der Waals surface area contributed by atoms with Crippen LogP contribution >= 0.6 is 0 Å². The Kier molecular flexibility index (Phi) is 2.79. The van der Waals surface area contributed by atoms with Crippen LogP contribution in [-0.4, -0.2) is 21.4 Å². The Labute approximate surface area is 104 Å². The molecule has 0 saturated heterocycles. The van der Waals surface area contributed by atoms with Gasteiger partial charge in [0.25, 0.3) is 0 Å². The largest absolute Gasteiger partial charge is 0.377 e. The van der Waals surface area contributed by atoms with Gasteiger partial charge in [0.2, 0.25) is 0 Å². The van der Waals surface area contributed by atoms with Crippen LogP contribution in [0.2, 0.25) is 0 Å². The summed E-state index contributed by atoms with van der Waals surface area (Å²) in [5.74, 6) is 0.669. The monoisotopic (exact) mass is 249 g/mol. The van der Waals surface area contributed by atoms with E-state index in [1.165, 1.54) is 0 Å². The second-order valence-electron chi connectivity index (χ2n) is 4.56. The zero-order chi connectivity index (χ0) is 12.5. The molecule has 1 saturated carbocycles. The van der Waals surface area contributed by atoms with Gasteiger partial charge in [-0.15, -0.1) is 0 Å². The van der Waals surface area contributed by atoms with Crippen LogP contribution in [0.1, 0.15) is 30.3 Å². The molecule has 1 aliphatic rings. The normalized spacial score (nSPS) is 15.2. The first kappa shape index (κ1) is 11.3. The van der Waals surface area contributed by atoms with Crippen molar-refractivity contribution >= 4 is 0 Å². The quantitative estimate of drug-likeness (QED) is 0.798. The highest BCUT2D eigenvalue weighted by Gasteiger charge is 2.25. The van der Waals surface area contributed by atoms with E-state index in [4.69, 9.17) is 9.26 Å². The van der Waals surface area contributed by atoms with Crippen LogP contribution < -0.4 is 5.69 Å². The van der Waals surface area contributed by atoms with E-state index >= 15 is 0 Å². The molecule has 18 heavy (non-hydrogen) atoms. The van der Waals surface area contributed by atoms with Crippen molar-refractivity contribution in [2.24, 2.45) is 0 Å². The third-order valence-electron chi connectivity index (χ3n) is 3.04. The van der Waals surface area contributed by atoms with Crippen molar-refractivity contribution in [3.05, 3.63) is 40.4 Å². The maximum Gasteiger partial charge on any atom is 0.328 e. The zero-order valence-corrected chi connectivity index (χ0v) is 10.2. The molecule has 0 unspecified atom stereocenters. The van der Waals surface area contributed by atoms with Gasteiger partial charge in [0.15, 0.2) is 5.76 Å². The van der Waals surface area contributed by atoms with E-state index in [9.17, 15) is 4.79 Å². The Morgan fingerprint density at radius 2 is 2.33 bits per heavy atom. The molecule has 0 aromatic carbocycles. The van der Waals surface area contributed by atoms with E-state index < -0.39 is 0 Å². The number of methoxy groups -OCH3 is 1. The number of ether oxygens (including phenoxy) is 1. The molecule has 0 atom stereocenters. The summed E-state index contributed by atoms with van der Waals surface area (Å²) in [6.07, 6.45) is 5.85. The predicted octanol–water partition coefficient (Wildman–Crippen LogP) is 1.17. The van der Waals surface area contributed by atoms with Crippen molar-refractivity contribution in [1.29, 1.82) is 0 Å². The third-order valence-corrected chi connectivity index (χ3v) is 3.04. The molecule has 0 amide bonds. The van der Waals surface area contributed by atoms with Crippen molar-refractivity contribution in [3.63, 3.8) is 0 Å². The van der Waals surface area contributed by atoms with Gasteiger partial charge in [-0.25, -0.2) is 4.79 Å². The Morgan fingerprint density at radius 3 is 3.06 bits per heavy atom. The van der Waals surface area contributed by atoms with Crippen LogP contribution in [-0.2, 0) is 17.9 Å². The van der Waals surface area contributed by atoms with Crippen molar-refractivity contribution < 1.29 is 9.26 Å². The molecule has 0 aliphatic heterocycles. The fraction of sp³-hybridized carbons (Fsp3) is 0.500. The molecule has 6 heteroatoms. The summed E-state index contributed by atoms with van der Waals surface area (Å²) >= 11 is 0. The third kappa shape index (κ3) is 2.11. The van der Waals surface area contributed by atoms with Gasteiger partial charge in [0.05, 0.1) is 6.54 Å². The van der Waals surface area contributed by atoms with E-state index in [1.807, 2.05) is 12.3 Å². The first-order chi connectivity index (χ1) is 8.78. The fourth-order valence-corrected chi connectivity index (χ4v) is 1.99. The predicted molar refractivity (Wildman–Crippen MR) is 63.3 cm³/mol. The smallest absolute Gasteiger partial charge is 0.328 e. The Morgan fingerprint density at radius 1 is 1.50 bits per heavy atom. The van der Waals surface area contributed by atoms with Crippen LogP contribution in [0, 0.1) is 0 Å². The van der Waals surface area contributed by atoms with Crippen molar-refractivity contribution in [2.75, 3.05) is 7.11 Å². The first-order valence-electron chi connectivity index (χ1n) is 5.98. The lowest BCUT2D eigenvalue weighted by molar-refractivity contribution is 0.155. The lowest BCUT2D eigenvalue weighted by Gasteiger charge is -1.97. The summed E-state index contributed by atoms with van der Waals surface area (Å²) in [5, 5.41) is 3.92. The summed E-state index contributed by atoms with van der Waals surface area (Å²) in [6.45, 7) is 0.830. The minimum absolute atomic E-state index is 0.0220. The van der Waals surface area contributed by atoms with E-state index in [1.54, 1.807) is 22.4 Å². The number of imidazole rings is 1. The molecule has 1 fully saturated rings. The van der Waals surface area contributed by atoms with E-state index in [-0.39, 0.29) is 5.69 Å². The lowest BCUT2D eigenvalue weighted by atomic mass is 10.3. The van der Waals surface area contributed by atoms with Crippen molar-refractivity contribution in [3.8, 4) is 0 Å². The first-order valence-corrected chi connectivity index (χ1v) is 5.98. The molecule has 0 bridgehead atoms. The molecule has 2 heterocycles. The Hall–Kier alpha value is -1.82. The summed E-state index contributed by atoms with van der Waals surface area (Å²) in [4.78, 5) is 12.0. The molecule has 2 aromatic rings. The van der Waals surface area contributed by atoms with Gasteiger partial charge in [-0.3, -0.25) is 9.13 Å². The van der Waals surface area contributed by atoms with Gasteiger partial charge in [0.1, 0.15) is 12.3 Å². The molecule has 2 aromatic heterocycles. The van der Waals surface area contributed by atoms with Gasteiger partial charge in [-0.05, 0) is 12.8 Å². The number of aromatic nitrogens is 3. The van der Waals surface area contributed by atoms with Crippen LogP contribution in [0.4, 0.5) is 0 Å². The maximum absolute atomic E-state index is 12.0. The number of hydrogen-bond donors (Lipinski definition) is 0. The summed E-state index contributed by atoms with van der Waals surface area (Å²) in [7, 11) is 1.60. The molecule has 6 nitrogen and oxygen atoms in total. The fourth-order valence-electron chi connectivity index (χ4n) is 1.99. The summed E-state index contributed by atoms with van der Waals surface area (Å²) in [5.41, 5.74) is 0.756. The van der Waals surface area contributed by atoms with Gasteiger partial charge >= 0.3 is 5.69 Å².